The van der Waals surface area contributed by atoms with Crippen molar-refractivity contribution >= 4 is 23.4 Å². The summed E-state index contributed by atoms with van der Waals surface area (Å²) in [5.74, 6) is -0.00508. The van der Waals surface area contributed by atoms with Crippen LogP contribution in [0.1, 0.15) is 37.7 Å². The molecule has 2 aliphatic heterocycles. The SMILES string of the molecule is O=C1CCC(C(=O)N2CCC3(CC2)CC3C(=O)NCCc2ccccc2)=NN1. The lowest BCUT2D eigenvalue weighted by Crippen LogP contribution is -2.45. The van der Waals surface area contributed by atoms with Gasteiger partial charge in [-0.3, -0.25) is 14.4 Å². The molecule has 1 spiro atoms. The van der Waals surface area contributed by atoms with Gasteiger partial charge in [0.2, 0.25) is 11.8 Å². The van der Waals surface area contributed by atoms with E-state index in [0.29, 0.717) is 38.2 Å². The monoisotopic (exact) mass is 382 g/mol. The third-order valence-electron chi connectivity index (χ3n) is 6.26. The molecule has 0 aromatic heterocycles. The largest absolute Gasteiger partial charge is 0.356 e. The van der Waals surface area contributed by atoms with Crippen molar-refractivity contribution in [3.63, 3.8) is 0 Å². The van der Waals surface area contributed by atoms with Gasteiger partial charge in [0.15, 0.2) is 0 Å². The maximum Gasteiger partial charge on any atom is 0.270 e. The Labute approximate surface area is 164 Å². The summed E-state index contributed by atoms with van der Waals surface area (Å²) in [6.45, 7) is 1.96. The number of carbonyl (C=O) groups is 3. The maximum absolute atomic E-state index is 12.5. The molecule has 1 aliphatic carbocycles. The highest BCUT2D eigenvalue weighted by atomic mass is 16.2. The number of likely N-dealkylation sites (tertiary alicyclic amines) is 1. The Morgan fingerprint density at radius 1 is 1.18 bits per heavy atom. The third-order valence-corrected chi connectivity index (χ3v) is 6.26. The zero-order valence-corrected chi connectivity index (χ0v) is 15.9. The topological polar surface area (TPSA) is 90.9 Å². The van der Waals surface area contributed by atoms with Crippen LogP contribution in [0.5, 0.6) is 0 Å². The van der Waals surface area contributed by atoms with Crippen LogP contribution in [0.4, 0.5) is 0 Å². The first kappa shape index (κ1) is 18.7. The predicted molar refractivity (Wildman–Crippen MR) is 104 cm³/mol. The van der Waals surface area contributed by atoms with E-state index in [-0.39, 0.29) is 29.1 Å². The van der Waals surface area contributed by atoms with Crippen LogP contribution >= 0.6 is 0 Å². The van der Waals surface area contributed by atoms with Crippen molar-refractivity contribution < 1.29 is 14.4 Å². The molecule has 28 heavy (non-hydrogen) atoms. The van der Waals surface area contributed by atoms with Gasteiger partial charge in [-0.15, -0.1) is 0 Å². The van der Waals surface area contributed by atoms with Crippen molar-refractivity contribution in [1.29, 1.82) is 0 Å². The molecule has 2 N–H and O–H groups in total. The lowest BCUT2D eigenvalue weighted by atomic mass is 9.90. The molecule has 7 nitrogen and oxygen atoms in total. The average Bonchev–Trinajstić information content (AvgIpc) is 3.43. The van der Waals surface area contributed by atoms with Gasteiger partial charge in [-0.05, 0) is 36.7 Å². The molecular formula is C21H26N4O3. The average molecular weight is 382 g/mol. The fraction of sp³-hybridized carbons (Fsp3) is 0.524. The summed E-state index contributed by atoms with van der Waals surface area (Å²) in [5, 5.41) is 6.98. The minimum absolute atomic E-state index is 0.0657. The van der Waals surface area contributed by atoms with Gasteiger partial charge in [0.25, 0.3) is 5.91 Å². The molecule has 3 amide bonds. The second-order valence-electron chi connectivity index (χ2n) is 8.03. The van der Waals surface area contributed by atoms with Crippen molar-refractivity contribution in [2.45, 2.75) is 38.5 Å². The van der Waals surface area contributed by atoms with Gasteiger partial charge < -0.3 is 10.2 Å². The molecule has 1 saturated carbocycles. The van der Waals surface area contributed by atoms with E-state index in [1.807, 2.05) is 23.1 Å². The van der Waals surface area contributed by atoms with E-state index in [0.717, 1.165) is 25.7 Å². The zero-order chi connectivity index (χ0) is 19.6. The summed E-state index contributed by atoms with van der Waals surface area (Å²) < 4.78 is 0. The smallest absolute Gasteiger partial charge is 0.270 e. The Bertz CT molecular complexity index is 797. The van der Waals surface area contributed by atoms with Gasteiger partial charge in [0.05, 0.1) is 0 Å². The first-order valence-electron chi connectivity index (χ1n) is 10.0. The third kappa shape index (κ3) is 3.93. The number of hydrogen-bond donors (Lipinski definition) is 2. The Morgan fingerprint density at radius 2 is 1.93 bits per heavy atom. The number of nitrogens with zero attached hydrogens (tertiary/aromatic N) is 2. The van der Waals surface area contributed by atoms with E-state index < -0.39 is 0 Å². The Hall–Kier alpha value is -2.70. The Balaban J connectivity index is 1.22. The number of nitrogens with one attached hydrogen (secondary N) is 2. The molecule has 148 valence electrons. The number of hydrogen-bond acceptors (Lipinski definition) is 4. The van der Waals surface area contributed by atoms with Gasteiger partial charge >= 0.3 is 0 Å². The van der Waals surface area contributed by atoms with Gasteiger partial charge in [-0.1, -0.05) is 30.3 Å². The quantitative estimate of drug-likeness (QED) is 0.803. The first-order valence-corrected chi connectivity index (χ1v) is 10.0. The van der Waals surface area contributed by atoms with Gasteiger partial charge in [-0.2, -0.15) is 5.10 Å². The lowest BCUT2D eigenvalue weighted by Gasteiger charge is -2.33. The molecule has 1 atom stereocenters. The zero-order valence-electron chi connectivity index (χ0n) is 15.9. The van der Waals surface area contributed by atoms with Crippen molar-refractivity contribution in [2.24, 2.45) is 16.4 Å². The molecule has 1 aromatic carbocycles. The fourth-order valence-electron chi connectivity index (χ4n) is 4.33. The number of piperidine rings is 1. The number of benzene rings is 1. The van der Waals surface area contributed by atoms with Crippen molar-refractivity contribution in [3.8, 4) is 0 Å². The first-order chi connectivity index (χ1) is 13.6. The van der Waals surface area contributed by atoms with E-state index >= 15 is 0 Å². The number of hydrazone groups is 1. The molecule has 4 rings (SSSR count). The van der Waals surface area contributed by atoms with Crippen LogP contribution in [0.3, 0.4) is 0 Å². The van der Waals surface area contributed by atoms with E-state index in [4.69, 9.17) is 0 Å². The standard InChI is InChI=1S/C21H26N4O3/c26-18-7-6-17(23-24-18)20(28)25-12-9-21(10-13-25)14-16(21)19(27)22-11-8-15-4-2-1-3-5-15/h1-5,16H,6-14H2,(H,22,27)(H,24,26). The molecule has 3 aliphatic rings. The van der Waals surface area contributed by atoms with Crippen LogP contribution in [-0.4, -0.2) is 48.0 Å². The summed E-state index contributed by atoms with van der Waals surface area (Å²) in [7, 11) is 0. The van der Waals surface area contributed by atoms with Crippen LogP contribution in [0.2, 0.25) is 0 Å². The van der Waals surface area contributed by atoms with E-state index in [1.165, 1.54) is 5.56 Å². The van der Waals surface area contributed by atoms with Crippen molar-refractivity contribution in [1.82, 2.24) is 15.6 Å². The number of carbonyl (C=O) groups excluding carboxylic acids is 3. The normalized spacial score (nSPS) is 23.0. The summed E-state index contributed by atoms with van der Waals surface area (Å²) in [6, 6.07) is 10.1. The minimum atomic E-state index is -0.145. The highest BCUT2D eigenvalue weighted by Gasteiger charge is 2.58. The molecule has 1 aromatic rings. The number of amides is 3. The van der Waals surface area contributed by atoms with Crippen LogP contribution < -0.4 is 10.7 Å². The summed E-state index contributed by atoms with van der Waals surface area (Å²) in [4.78, 5) is 38.0. The highest BCUT2D eigenvalue weighted by molar-refractivity contribution is 6.39. The fourth-order valence-corrected chi connectivity index (χ4v) is 4.33. The summed E-state index contributed by atoms with van der Waals surface area (Å²) in [6.07, 6.45) is 4.19. The Kier molecular flexibility index (Phi) is 5.15. The second kappa shape index (κ2) is 7.73. The minimum Gasteiger partial charge on any atom is -0.356 e. The molecule has 1 unspecified atom stereocenters. The van der Waals surface area contributed by atoms with E-state index in [9.17, 15) is 14.4 Å². The number of rotatable bonds is 5. The van der Waals surface area contributed by atoms with E-state index in [1.54, 1.807) is 0 Å². The molecule has 2 heterocycles. The molecule has 0 bridgehead atoms. The second-order valence-corrected chi connectivity index (χ2v) is 8.03. The van der Waals surface area contributed by atoms with Crippen LogP contribution in [0.15, 0.2) is 35.4 Å². The molecule has 1 saturated heterocycles. The van der Waals surface area contributed by atoms with Crippen molar-refractivity contribution in [3.05, 3.63) is 35.9 Å². The highest BCUT2D eigenvalue weighted by Crippen LogP contribution is 2.59. The predicted octanol–water partition coefficient (Wildman–Crippen LogP) is 1.24. The maximum atomic E-state index is 12.5. The summed E-state index contributed by atoms with van der Waals surface area (Å²) in [5.41, 5.74) is 4.10. The van der Waals surface area contributed by atoms with Crippen LogP contribution in [-0.2, 0) is 20.8 Å². The molecule has 7 heteroatoms. The van der Waals surface area contributed by atoms with Gasteiger partial charge in [-0.25, -0.2) is 5.43 Å². The molecular weight excluding hydrogens is 356 g/mol. The van der Waals surface area contributed by atoms with Gasteiger partial charge in [0, 0.05) is 38.4 Å². The van der Waals surface area contributed by atoms with Gasteiger partial charge in [0.1, 0.15) is 5.71 Å². The Morgan fingerprint density at radius 3 is 2.61 bits per heavy atom. The summed E-state index contributed by atoms with van der Waals surface area (Å²) >= 11 is 0. The van der Waals surface area contributed by atoms with Crippen LogP contribution in [0.25, 0.3) is 0 Å². The molecule has 0 radical (unpaired) electrons. The lowest BCUT2D eigenvalue weighted by molar-refractivity contribution is -0.126. The molecule has 2 fully saturated rings. The van der Waals surface area contributed by atoms with E-state index in [2.05, 4.69) is 28.0 Å². The van der Waals surface area contributed by atoms with Crippen LogP contribution in [0, 0.1) is 11.3 Å². The van der Waals surface area contributed by atoms with Crippen molar-refractivity contribution in [2.75, 3.05) is 19.6 Å².